The van der Waals surface area contributed by atoms with Crippen molar-refractivity contribution in [1.82, 2.24) is 30.1 Å². The smallest absolute Gasteiger partial charge is 0.366 e. The van der Waals surface area contributed by atoms with Gasteiger partial charge in [0.15, 0.2) is 11.3 Å². The molecule has 160 valence electrons. The Balaban J connectivity index is 1.56. The van der Waals surface area contributed by atoms with Gasteiger partial charge in [-0.25, -0.2) is 18.3 Å². The Morgan fingerprint density at radius 3 is 2.87 bits per heavy atom. The van der Waals surface area contributed by atoms with Gasteiger partial charge in [0, 0.05) is 31.4 Å². The second-order valence-corrected chi connectivity index (χ2v) is 6.77. The first kappa shape index (κ1) is 20.0. The van der Waals surface area contributed by atoms with E-state index in [1.807, 2.05) is 0 Å². The largest absolute Gasteiger partial charge is 0.437 e. The second kappa shape index (κ2) is 7.19. The highest BCUT2D eigenvalue weighted by Gasteiger charge is 2.38. The summed E-state index contributed by atoms with van der Waals surface area (Å²) in [5, 5.41) is 16.7. The maximum atomic E-state index is 13.5. The Kier molecular flexibility index (Phi) is 4.80. The van der Waals surface area contributed by atoms with Crippen molar-refractivity contribution in [3.8, 4) is 0 Å². The zero-order valence-corrected chi connectivity index (χ0v) is 15.1. The van der Waals surface area contributed by atoms with E-state index in [1.165, 1.54) is 16.8 Å². The lowest BCUT2D eigenvalue weighted by atomic mass is 10.0. The van der Waals surface area contributed by atoms with E-state index in [-0.39, 0.29) is 23.4 Å². The van der Waals surface area contributed by atoms with Crippen LogP contribution in [0.1, 0.15) is 22.5 Å². The standard InChI is InChI=1S/C16H15F5N8O/c17-15(18)3-8(4-22-7-15)25-11-1-2-29-13(27-11)9(5-24-29)14(30)26-10-6-23-28-12(10)16(19,20)21/h1-2,5-6,8,22H,3-4,7H2,(H,23,28)(H,25,27)(H,26,30). The Labute approximate surface area is 165 Å². The molecule has 1 saturated heterocycles. The molecule has 0 saturated carbocycles. The van der Waals surface area contributed by atoms with Crippen molar-refractivity contribution in [3.05, 3.63) is 35.9 Å². The number of carbonyl (C=O) groups excluding carboxylic acids is 1. The Morgan fingerprint density at radius 2 is 2.13 bits per heavy atom. The van der Waals surface area contributed by atoms with E-state index >= 15 is 0 Å². The monoisotopic (exact) mass is 430 g/mol. The molecule has 0 radical (unpaired) electrons. The van der Waals surface area contributed by atoms with Crippen LogP contribution in [0, 0.1) is 0 Å². The van der Waals surface area contributed by atoms with Crippen LogP contribution in [0.2, 0.25) is 0 Å². The quantitative estimate of drug-likeness (QED) is 0.472. The molecule has 1 fully saturated rings. The molecule has 4 rings (SSSR count). The number of amides is 1. The van der Waals surface area contributed by atoms with Gasteiger partial charge in [-0.2, -0.15) is 23.4 Å². The minimum absolute atomic E-state index is 0.0464. The summed E-state index contributed by atoms with van der Waals surface area (Å²) in [6, 6.07) is 0.899. The third-order valence-electron chi connectivity index (χ3n) is 4.44. The number of aromatic nitrogens is 5. The topological polar surface area (TPSA) is 112 Å². The molecule has 1 aliphatic heterocycles. The van der Waals surface area contributed by atoms with E-state index in [1.54, 1.807) is 0 Å². The predicted molar refractivity (Wildman–Crippen MR) is 94.4 cm³/mol. The maximum absolute atomic E-state index is 13.5. The molecule has 9 nitrogen and oxygen atoms in total. The van der Waals surface area contributed by atoms with Gasteiger partial charge in [0.05, 0.1) is 18.4 Å². The molecule has 3 aromatic rings. The van der Waals surface area contributed by atoms with Gasteiger partial charge in [-0.1, -0.05) is 0 Å². The zero-order chi connectivity index (χ0) is 21.5. The van der Waals surface area contributed by atoms with Crippen molar-refractivity contribution >= 4 is 23.1 Å². The normalized spacial score (nSPS) is 19.0. The molecule has 0 aromatic carbocycles. The average molecular weight is 430 g/mol. The summed E-state index contributed by atoms with van der Waals surface area (Å²) in [5.74, 6) is -3.52. The number of piperidine rings is 1. The van der Waals surface area contributed by atoms with Crippen LogP contribution in [-0.4, -0.2) is 55.8 Å². The number of H-pyrrole nitrogens is 1. The van der Waals surface area contributed by atoms with Gasteiger partial charge in [-0.15, -0.1) is 0 Å². The van der Waals surface area contributed by atoms with E-state index in [0.29, 0.717) is 6.54 Å². The number of anilines is 2. The lowest BCUT2D eigenvalue weighted by Crippen LogP contribution is -2.49. The predicted octanol–water partition coefficient (Wildman–Crippen LogP) is 2.13. The van der Waals surface area contributed by atoms with E-state index < -0.39 is 42.0 Å². The number of nitrogens with zero attached hydrogens (tertiary/aromatic N) is 4. The van der Waals surface area contributed by atoms with E-state index in [2.05, 4.69) is 36.2 Å². The first-order valence-electron chi connectivity index (χ1n) is 8.74. The summed E-state index contributed by atoms with van der Waals surface area (Å²) in [6.45, 7) is -0.103. The van der Waals surface area contributed by atoms with Crippen LogP contribution in [0.3, 0.4) is 0 Å². The number of alkyl halides is 5. The number of hydrogen-bond acceptors (Lipinski definition) is 6. The zero-order valence-electron chi connectivity index (χ0n) is 15.1. The molecule has 0 aliphatic carbocycles. The van der Waals surface area contributed by atoms with Gasteiger partial charge in [-0.3, -0.25) is 9.89 Å². The highest BCUT2D eigenvalue weighted by Crippen LogP contribution is 2.33. The number of aromatic amines is 1. The first-order chi connectivity index (χ1) is 14.1. The van der Waals surface area contributed by atoms with Gasteiger partial charge in [-0.05, 0) is 6.07 Å². The van der Waals surface area contributed by atoms with Crippen molar-refractivity contribution in [3.63, 3.8) is 0 Å². The van der Waals surface area contributed by atoms with Gasteiger partial charge in [0.2, 0.25) is 0 Å². The van der Waals surface area contributed by atoms with E-state index in [0.717, 1.165) is 12.4 Å². The summed E-state index contributed by atoms with van der Waals surface area (Å²) < 4.78 is 67.1. The van der Waals surface area contributed by atoms with Crippen LogP contribution in [-0.2, 0) is 6.18 Å². The molecular weight excluding hydrogens is 415 g/mol. The van der Waals surface area contributed by atoms with Crippen molar-refractivity contribution in [2.75, 3.05) is 23.7 Å². The average Bonchev–Trinajstić information content (AvgIpc) is 3.27. The van der Waals surface area contributed by atoms with E-state index in [4.69, 9.17) is 0 Å². The fourth-order valence-electron chi connectivity index (χ4n) is 3.15. The summed E-state index contributed by atoms with van der Waals surface area (Å²) >= 11 is 0. The molecule has 0 bridgehead atoms. The van der Waals surface area contributed by atoms with Crippen LogP contribution >= 0.6 is 0 Å². The van der Waals surface area contributed by atoms with Gasteiger partial charge >= 0.3 is 6.18 Å². The second-order valence-electron chi connectivity index (χ2n) is 6.77. The molecule has 1 atom stereocenters. The van der Waals surface area contributed by atoms with Crippen LogP contribution < -0.4 is 16.0 Å². The summed E-state index contributed by atoms with van der Waals surface area (Å²) in [6.07, 6.45) is -1.64. The van der Waals surface area contributed by atoms with Crippen molar-refractivity contribution in [2.24, 2.45) is 0 Å². The summed E-state index contributed by atoms with van der Waals surface area (Å²) in [5.41, 5.74) is -1.87. The van der Waals surface area contributed by atoms with Crippen LogP contribution in [0.15, 0.2) is 24.7 Å². The van der Waals surface area contributed by atoms with Crippen molar-refractivity contribution < 1.29 is 26.7 Å². The van der Waals surface area contributed by atoms with E-state index in [9.17, 15) is 26.7 Å². The molecular formula is C16H15F5N8O. The van der Waals surface area contributed by atoms with Crippen LogP contribution in [0.25, 0.3) is 5.65 Å². The number of nitrogens with one attached hydrogen (secondary N) is 4. The SMILES string of the molecule is O=C(Nc1c[nH]nc1C(F)(F)F)c1cnn2ccc(NC3CNCC(F)(F)C3)nc12. The number of hydrogen-bond donors (Lipinski definition) is 4. The molecule has 4 heterocycles. The Bertz CT molecular complexity index is 1080. The third-order valence-corrected chi connectivity index (χ3v) is 4.44. The molecule has 14 heteroatoms. The highest BCUT2D eigenvalue weighted by molar-refractivity contribution is 6.08. The maximum Gasteiger partial charge on any atom is 0.437 e. The molecule has 1 aliphatic rings. The number of rotatable bonds is 4. The first-order valence-corrected chi connectivity index (χ1v) is 8.74. The lowest BCUT2D eigenvalue weighted by molar-refractivity contribution is -0.140. The molecule has 1 unspecified atom stereocenters. The number of halogens is 5. The number of fused-ring (bicyclic) bond motifs is 1. The highest BCUT2D eigenvalue weighted by atomic mass is 19.4. The summed E-state index contributed by atoms with van der Waals surface area (Å²) in [4.78, 5) is 16.7. The number of carbonyl (C=O) groups is 1. The van der Waals surface area contributed by atoms with Gasteiger partial charge < -0.3 is 16.0 Å². The molecule has 30 heavy (non-hydrogen) atoms. The fraction of sp³-hybridized carbons (Fsp3) is 0.375. The van der Waals surface area contributed by atoms with Crippen LogP contribution in [0.4, 0.5) is 33.5 Å². The van der Waals surface area contributed by atoms with Crippen molar-refractivity contribution in [2.45, 2.75) is 24.6 Å². The fourth-order valence-corrected chi connectivity index (χ4v) is 3.15. The Morgan fingerprint density at radius 1 is 1.33 bits per heavy atom. The Hall–Kier alpha value is -3.29. The molecule has 0 spiro atoms. The molecule has 4 N–H and O–H groups in total. The molecule has 3 aromatic heterocycles. The van der Waals surface area contributed by atoms with Crippen molar-refractivity contribution in [1.29, 1.82) is 0 Å². The molecule has 1 amide bonds. The van der Waals surface area contributed by atoms with Crippen LogP contribution in [0.5, 0.6) is 0 Å². The lowest BCUT2D eigenvalue weighted by Gasteiger charge is -2.30. The third kappa shape index (κ3) is 4.03. The minimum Gasteiger partial charge on any atom is -0.366 e. The van der Waals surface area contributed by atoms with Gasteiger partial charge in [0.1, 0.15) is 11.4 Å². The summed E-state index contributed by atoms with van der Waals surface area (Å²) in [7, 11) is 0. The van der Waals surface area contributed by atoms with Gasteiger partial charge in [0.25, 0.3) is 11.8 Å². The minimum atomic E-state index is -4.75.